The molecular formula is C14H30N2O2. The van der Waals surface area contributed by atoms with Gasteiger partial charge in [0.25, 0.3) is 0 Å². The lowest BCUT2D eigenvalue weighted by molar-refractivity contribution is 0.0559. The maximum absolute atomic E-state index is 5.89. The van der Waals surface area contributed by atoms with Crippen molar-refractivity contribution in [1.82, 2.24) is 4.90 Å². The summed E-state index contributed by atoms with van der Waals surface area (Å²) in [7, 11) is 1.70. The number of hydrogen-bond donors (Lipinski definition) is 1. The maximum Gasteiger partial charge on any atom is 0.0700 e. The van der Waals surface area contributed by atoms with E-state index in [2.05, 4.69) is 11.8 Å². The Morgan fingerprint density at radius 3 is 2.78 bits per heavy atom. The average Bonchev–Trinajstić information content (AvgIpc) is 2.42. The van der Waals surface area contributed by atoms with Crippen LogP contribution >= 0.6 is 0 Å². The van der Waals surface area contributed by atoms with Crippen molar-refractivity contribution in [2.24, 2.45) is 11.7 Å². The molecular weight excluding hydrogens is 228 g/mol. The Morgan fingerprint density at radius 1 is 1.28 bits per heavy atom. The van der Waals surface area contributed by atoms with Crippen molar-refractivity contribution >= 4 is 0 Å². The largest absolute Gasteiger partial charge is 0.382 e. The van der Waals surface area contributed by atoms with E-state index in [-0.39, 0.29) is 0 Å². The quantitative estimate of drug-likeness (QED) is 0.637. The van der Waals surface area contributed by atoms with Gasteiger partial charge in [-0.05, 0) is 31.7 Å². The van der Waals surface area contributed by atoms with E-state index >= 15 is 0 Å². The Labute approximate surface area is 112 Å². The number of nitrogens with two attached hydrogens (primary N) is 1. The lowest BCUT2D eigenvalue weighted by atomic mass is 9.89. The van der Waals surface area contributed by atoms with E-state index in [4.69, 9.17) is 15.2 Å². The van der Waals surface area contributed by atoms with Crippen LogP contribution < -0.4 is 5.73 Å². The molecule has 1 heterocycles. The number of hydrogen-bond acceptors (Lipinski definition) is 4. The fourth-order valence-electron chi connectivity index (χ4n) is 2.71. The Morgan fingerprint density at radius 2 is 2.11 bits per heavy atom. The van der Waals surface area contributed by atoms with Gasteiger partial charge in [-0.2, -0.15) is 0 Å². The van der Waals surface area contributed by atoms with E-state index in [1.165, 1.54) is 25.8 Å². The molecule has 1 fully saturated rings. The molecule has 2 N–H and O–H groups in total. The van der Waals surface area contributed by atoms with Crippen LogP contribution in [0.4, 0.5) is 0 Å². The Balaban J connectivity index is 2.12. The van der Waals surface area contributed by atoms with Gasteiger partial charge < -0.3 is 15.2 Å². The minimum absolute atomic E-state index is 0.586. The molecule has 1 saturated heterocycles. The highest BCUT2D eigenvalue weighted by molar-refractivity contribution is 4.81. The highest BCUT2D eigenvalue weighted by atomic mass is 16.5. The molecule has 0 saturated carbocycles. The molecule has 1 rings (SSSR count). The highest BCUT2D eigenvalue weighted by Gasteiger charge is 2.25. The average molecular weight is 258 g/mol. The highest BCUT2D eigenvalue weighted by Crippen LogP contribution is 2.24. The lowest BCUT2D eigenvalue weighted by Crippen LogP contribution is -2.47. The van der Waals surface area contributed by atoms with E-state index in [1.54, 1.807) is 7.11 Å². The fraction of sp³-hybridized carbons (Fsp3) is 1.00. The van der Waals surface area contributed by atoms with Gasteiger partial charge in [0.15, 0.2) is 0 Å². The molecule has 1 aliphatic heterocycles. The SMILES string of the molecule is CCC1CCN(CCCOCCOC)C(CN)C1. The summed E-state index contributed by atoms with van der Waals surface area (Å²) < 4.78 is 10.4. The molecule has 0 bridgehead atoms. The van der Waals surface area contributed by atoms with Crippen molar-refractivity contribution in [2.75, 3.05) is 46.6 Å². The van der Waals surface area contributed by atoms with E-state index in [0.29, 0.717) is 19.3 Å². The first-order valence-corrected chi connectivity index (χ1v) is 7.32. The van der Waals surface area contributed by atoms with Crippen LogP contribution in [0, 0.1) is 5.92 Å². The molecule has 0 aromatic carbocycles. The number of nitrogens with zero attached hydrogens (tertiary/aromatic N) is 1. The van der Waals surface area contributed by atoms with Crippen molar-refractivity contribution in [3.05, 3.63) is 0 Å². The predicted octanol–water partition coefficient (Wildman–Crippen LogP) is 1.49. The van der Waals surface area contributed by atoms with Crippen molar-refractivity contribution in [2.45, 2.75) is 38.6 Å². The summed E-state index contributed by atoms with van der Waals surface area (Å²) in [6, 6.07) is 0.586. The lowest BCUT2D eigenvalue weighted by Gasteiger charge is -2.38. The van der Waals surface area contributed by atoms with Gasteiger partial charge in [0, 0.05) is 32.8 Å². The van der Waals surface area contributed by atoms with Gasteiger partial charge in [0.05, 0.1) is 13.2 Å². The first-order valence-electron chi connectivity index (χ1n) is 7.32. The van der Waals surface area contributed by atoms with Crippen LogP contribution in [0.1, 0.15) is 32.6 Å². The zero-order chi connectivity index (χ0) is 13.2. The predicted molar refractivity (Wildman–Crippen MR) is 74.7 cm³/mol. The summed E-state index contributed by atoms with van der Waals surface area (Å²) >= 11 is 0. The van der Waals surface area contributed by atoms with Gasteiger partial charge in [-0.15, -0.1) is 0 Å². The summed E-state index contributed by atoms with van der Waals surface area (Å²) in [5.41, 5.74) is 5.89. The normalized spacial score (nSPS) is 25.5. The molecule has 2 atom stereocenters. The van der Waals surface area contributed by atoms with Crippen LogP contribution in [-0.2, 0) is 9.47 Å². The number of likely N-dealkylation sites (tertiary alicyclic amines) is 1. The molecule has 0 spiro atoms. The summed E-state index contributed by atoms with van der Waals surface area (Å²) in [6.45, 7) is 7.62. The molecule has 1 aliphatic rings. The Bertz CT molecular complexity index is 202. The Kier molecular flexibility index (Phi) is 8.59. The fourth-order valence-corrected chi connectivity index (χ4v) is 2.71. The van der Waals surface area contributed by atoms with Crippen LogP contribution in [0.25, 0.3) is 0 Å². The molecule has 0 radical (unpaired) electrons. The maximum atomic E-state index is 5.89. The van der Waals surface area contributed by atoms with Crippen molar-refractivity contribution in [3.63, 3.8) is 0 Å². The van der Waals surface area contributed by atoms with E-state index in [0.717, 1.165) is 32.0 Å². The van der Waals surface area contributed by atoms with Crippen molar-refractivity contribution in [3.8, 4) is 0 Å². The van der Waals surface area contributed by atoms with Crippen LogP contribution in [-0.4, -0.2) is 57.5 Å². The molecule has 0 aromatic heterocycles. The van der Waals surface area contributed by atoms with Gasteiger partial charge in [-0.25, -0.2) is 0 Å². The second-order valence-corrected chi connectivity index (χ2v) is 5.18. The third-order valence-electron chi connectivity index (χ3n) is 3.96. The van der Waals surface area contributed by atoms with Crippen LogP contribution in [0.2, 0.25) is 0 Å². The number of methoxy groups -OCH3 is 1. The molecule has 0 amide bonds. The third kappa shape index (κ3) is 5.65. The van der Waals surface area contributed by atoms with Gasteiger partial charge in [0.2, 0.25) is 0 Å². The monoisotopic (exact) mass is 258 g/mol. The molecule has 4 nitrogen and oxygen atoms in total. The van der Waals surface area contributed by atoms with Crippen LogP contribution in [0.3, 0.4) is 0 Å². The molecule has 18 heavy (non-hydrogen) atoms. The zero-order valence-corrected chi connectivity index (χ0v) is 12.1. The summed E-state index contributed by atoms with van der Waals surface area (Å²) in [5, 5.41) is 0. The molecule has 108 valence electrons. The minimum Gasteiger partial charge on any atom is -0.382 e. The first kappa shape index (κ1) is 15.9. The summed E-state index contributed by atoms with van der Waals surface area (Å²) in [4.78, 5) is 2.55. The Hall–Kier alpha value is -0.160. The topological polar surface area (TPSA) is 47.7 Å². The smallest absolute Gasteiger partial charge is 0.0700 e. The first-order chi connectivity index (χ1) is 8.81. The summed E-state index contributed by atoms with van der Waals surface area (Å²) in [5.74, 6) is 0.882. The van der Waals surface area contributed by atoms with E-state index in [1.807, 2.05) is 0 Å². The number of piperidine rings is 1. The molecule has 0 aromatic rings. The van der Waals surface area contributed by atoms with Crippen molar-refractivity contribution < 1.29 is 9.47 Å². The van der Waals surface area contributed by atoms with Crippen LogP contribution in [0.5, 0.6) is 0 Å². The molecule has 0 aliphatic carbocycles. The van der Waals surface area contributed by atoms with Gasteiger partial charge in [0.1, 0.15) is 0 Å². The van der Waals surface area contributed by atoms with Crippen LogP contribution in [0.15, 0.2) is 0 Å². The van der Waals surface area contributed by atoms with Gasteiger partial charge in [-0.3, -0.25) is 4.90 Å². The second-order valence-electron chi connectivity index (χ2n) is 5.18. The summed E-state index contributed by atoms with van der Waals surface area (Å²) in [6.07, 6.45) is 5.00. The van der Waals surface area contributed by atoms with E-state index < -0.39 is 0 Å². The minimum atomic E-state index is 0.586. The van der Waals surface area contributed by atoms with Crippen molar-refractivity contribution in [1.29, 1.82) is 0 Å². The zero-order valence-electron chi connectivity index (χ0n) is 12.1. The molecule has 2 unspecified atom stereocenters. The van der Waals surface area contributed by atoms with Gasteiger partial charge in [-0.1, -0.05) is 13.3 Å². The standard InChI is InChI=1S/C14H30N2O2/c1-3-13-5-7-16(14(11-13)12-15)6-4-8-18-10-9-17-2/h13-14H,3-12,15H2,1-2H3. The third-order valence-corrected chi connectivity index (χ3v) is 3.96. The van der Waals surface area contributed by atoms with E-state index in [9.17, 15) is 0 Å². The number of rotatable bonds is 9. The number of ether oxygens (including phenoxy) is 2. The van der Waals surface area contributed by atoms with Gasteiger partial charge >= 0.3 is 0 Å². The second kappa shape index (κ2) is 9.73. The molecule has 4 heteroatoms.